The number of nitrogens with zero attached hydrogens (tertiary/aromatic N) is 1. The van der Waals surface area contributed by atoms with Gasteiger partial charge in [0.15, 0.2) is 6.10 Å². The van der Waals surface area contributed by atoms with E-state index in [0.29, 0.717) is 11.1 Å². The normalized spacial score (nSPS) is 12.2. The first-order valence-corrected chi connectivity index (χ1v) is 12.0. The highest BCUT2D eigenvalue weighted by Crippen LogP contribution is 2.22. The Kier molecular flexibility index (Phi) is 8.75. The highest BCUT2D eigenvalue weighted by molar-refractivity contribution is 14.1. The van der Waals surface area contributed by atoms with Crippen LogP contribution in [0.25, 0.3) is 0 Å². The van der Waals surface area contributed by atoms with Crippen LogP contribution in [-0.4, -0.2) is 57.3 Å². The molecule has 0 aliphatic rings. The molecule has 2 aromatic rings. The SMILES string of the molecule is Cc1ccc(S(=O)(=O)N(C)C)cc1NC(=O)C(C)OC(=O)CNC(=O)c1ccccc1I. The number of sulfonamides is 1. The number of rotatable bonds is 8. The van der Waals surface area contributed by atoms with Crippen molar-refractivity contribution in [3.63, 3.8) is 0 Å². The van der Waals surface area contributed by atoms with Gasteiger partial charge in [0.1, 0.15) is 6.54 Å². The number of aryl methyl sites for hydroxylation is 1. The molecule has 0 saturated heterocycles. The number of benzene rings is 2. The molecule has 1 atom stereocenters. The van der Waals surface area contributed by atoms with Gasteiger partial charge >= 0.3 is 5.97 Å². The van der Waals surface area contributed by atoms with E-state index in [1.54, 1.807) is 37.3 Å². The van der Waals surface area contributed by atoms with Crippen molar-refractivity contribution in [3.8, 4) is 0 Å². The van der Waals surface area contributed by atoms with E-state index >= 15 is 0 Å². The molecule has 2 aromatic carbocycles. The molecule has 2 rings (SSSR count). The van der Waals surface area contributed by atoms with Crippen LogP contribution < -0.4 is 10.6 Å². The molecule has 0 spiro atoms. The first-order chi connectivity index (χ1) is 14.9. The second-order valence-electron chi connectivity index (χ2n) is 7.05. The van der Waals surface area contributed by atoms with E-state index in [1.165, 1.54) is 33.2 Å². The summed E-state index contributed by atoms with van der Waals surface area (Å²) >= 11 is 2.01. The number of carbonyl (C=O) groups is 3. The number of carbonyl (C=O) groups excluding carboxylic acids is 3. The highest BCUT2D eigenvalue weighted by Gasteiger charge is 2.22. The van der Waals surface area contributed by atoms with E-state index in [2.05, 4.69) is 10.6 Å². The summed E-state index contributed by atoms with van der Waals surface area (Å²) in [6.45, 7) is 2.68. The molecule has 1 unspecified atom stereocenters. The zero-order chi connectivity index (χ0) is 24.1. The van der Waals surface area contributed by atoms with Gasteiger partial charge in [-0.05, 0) is 66.3 Å². The predicted octanol–water partition coefficient (Wildman–Crippen LogP) is 2.15. The van der Waals surface area contributed by atoms with E-state index in [1.807, 2.05) is 22.6 Å². The van der Waals surface area contributed by atoms with Gasteiger partial charge in [-0.15, -0.1) is 0 Å². The van der Waals surface area contributed by atoms with Gasteiger partial charge in [-0.25, -0.2) is 12.7 Å². The molecule has 0 fully saturated rings. The zero-order valence-corrected chi connectivity index (χ0v) is 21.0. The summed E-state index contributed by atoms with van der Waals surface area (Å²) in [5, 5.41) is 5.03. The van der Waals surface area contributed by atoms with Gasteiger partial charge in [0.2, 0.25) is 10.0 Å². The molecule has 32 heavy (non-hydrogen) atoms. The zero-order valence-electron chi connectivity index (χ0n) is 18.0. The summed E-state index contributed by atoms with van der Waals surface area (Å²) in [6, 6.07) is 11.3. The summed E-state index contributed by atoms with van der Waals surface area (Å²) in [5.74, 6) is -1.85. The first kappa shape index (κ1) is 25.7. The lowest BCUT2D eigenvalue weighted by molar-refractivity contribution is -0.152. The Labute approximate surface area is 200 Å². The van der Waals surface area contributed by atoms with Crippen molar-refractivity contribution >= 4 is 56.1 Å². The Morgan fingerprint density at radius 2 is 1.78 bits per heavy atom. The fourth-order valence-corrected chi connectivity index (χ4v) is 4.09. The molecule has 9 nitrogen and oxygen atoms in total. The fourth-order valence-electron chi connectivity index (χ4n) is 2.53. The molecule has 2 amide bonds. The summed E-state index contributed by atoms with van der Waals surface area (Å²) in [4.78, 5) is 36.7. The van der Waals surface area contributed by atoms with Crippen molar-refractivity contribution in [2.75, 3.05) is 26.0 Å². The lowest BCUT2D eigenvalue weighted by Crippen LogP contribution is -2.36. The molecule has 0 saturated carbocycles. The minimum Gasteiger partial charge on any atom is -0.451 e. The number of amides is 2. The molecular weight excluding hydrogens is 549 g/mol. The molecule has 0 heterocycles. The number of nitrogens with one attached hydrogen (secondary N) is 2. The van der Waals surface area contributed by atoms with Crippen LogP contribution in [0.2, 0.25) is 0 Å². The van der Waals surface area contributed by atoms with Crippen molar-refractivity contribution in [2.24, 2.45) is 0 Å². The Morgan fingerprint density at radius 1 is 1.12 bits per heavy atom. The van der Waals surface area contributed by atoms with Gasteiger partial charge in [0.05, 0.1) is 10.5 Å². The fraction of sp³-hybridized carbons (Fsp3) is 0.286. The molecule has 0 bridgehead atoms. The van der Waals surface area contributed by atoms with Gasteiger partial charge in [0, 0.05) is 23.4 Å². The maximum absolute atomic E-state index is 12.5. The molecule has 172 valence electrons. The van der Waals surface area contributed by atoms with Crippen LogP contribution >= 0.6 is 22.6 Å². The van der Waals surface area contributed by atoms with Crippen molar-refractivity contribution in [1.29, 1.82) is 0 Å². The number of ether oxygens (including phenoxy) is 1. The third-order valence-electron chi connectivity index (χ3n) is 4.43. The third-order valence-corrected chi connectivity index (χ3v) is 7.19. The summed E-state index contributed by atoms with van der Waals surface area (Å²) in [7, 11) is -0.858. The smallest absolute Gasteiger partial charge is 0.326 e. The molecule has 0 radical (unpaired) electrons. The Morgan fingerprint density at radius 3 is 2.41 bits per heavy atom. The number of hydrogen-bond donors (Lipinski definition) is 2. The maximum atomic E-state index is 12.5. The van der Waals surface area contributed by atoms with Crippen molar-refractivity contribution in [1.82, 2.24) is 9.62 Å². The molecule has 11 heteroatoms. The van der Waals surface area contributed by atoms with Gasteiger partial charge in [0.25, 0.3) is 11.8 Å². The lowest BCUT2D eigenvalue weighted by atomic mass is 10.2. The van der Waals surface area contributed by atoms with Crippen LogP contribution in [-0.2, 0) is 24.3 Å². The Hall–Kier alpha value is -2.51. The Bertz CT molecular complexity index is 1130. The lowest BCUT2D eigenvalue weighted by Gasteiger charge is -2.17. The third kappa shape index (κ3) is 6.50. The van der Waals surface area contributed by atoms with Crippen LogP contribution in [0.5, 0.6) is 0 Å². The quantitative estimate of drug-likeness (QED) is 0.369. The van der Waals surface area contributed by atoms with Crippen molar-refractivity contribution < 1.29 is 27.5 Å². The van der Waals surface area contributed by atoms with Crippen LogP contribution in [0.4, 0.5) is 5.69 Å². The number of esters is 1. The van der Waals surface area contributed by atoms with Crippen LogP contribution in [0.15, 0.2) is 47.4 Å². The molecular formula is C21H24IN3O6S. The summed E-state index contributed by atoms with van der Waals surface area (Å²) in [6.07, 6.45) is -1.16. The molecule has 0 aromatic heterocycles. The van der Waals surface area contributed by atoms with Crippen LogP contribution in [0, 0.1) is 10.5 Å². The molecule has 0 aliphatic carbocycles. The van der Waals surface area contributed by atoms with Gasteiger partial charge in [-0.2, -0.15) is 0 Å². The molecule has 2 N–H and O–H groups in total. The van der Waals surface area contributed by atoms with Crippen LogP contribution in [0.3, 0.4) is 0 Å². The standard InChI is InChI=1S/C21H24IN3O6S/c1-13-9-10-15(32(29,30)25(3)4)11-18(13)24-20(27)14(2)31-19(26)12-23-21(28)16-7-5-6-8-17(16)22/h5-11,14H,12H2,1-4H3,(H,23,28)(H,24,27). The number of hydrogen-bond acceptors (Lipinski definition) is 6. The van der Waals surface area contributed by atoms with Gasteiger partial charge < -0.3 is 15.4 Å². The minimum atomic E-state index is -3.68. The molecule has 0 aliphatic heterocycles. The largest absolute Gasteiger partial charge is 0.451 e. The second-order valence-corrected chi connectivity index (χ2v) is 10.4. The maximum Gasteiger partial charge on any atom is 0.326 e. The van der Waals surface area contributed by atoms with Crippen molar-refractivity contribution in [3.05, 3.63) is 57.2 Å². The highest BCUT2D eigenvalue weighted by atomic mass is 127. The van der Waals surface area contributed by atoms with E-state index in [0.717, 1.165) is 7.88 Å². The summed E-state index contributed by atoms with van der Waals surface area (Å²) in [5.41, 5.74) is 1.35. The average Bonchev–Trinajstić information content (AvgIpc) is 2.73. The van der Waals surface area contributed by atoms with Gasteiger partial charge in [-0.1, -0.05) is 18.2 Å². The van der Waals surface area contributed by atoms with E-state index in [-0.39, 0.29) is 10.6 Å². The first-order valence-electron chi connectivity index (χ1n) is 9.49. The van der Waals surface area contributed by atoms with E-state index in [4.69, 9.17) is 4.74 Å². The average molecular weight is 573 g/mol. The predicted molar refractivity (Wildman–Crippen MR) is 128 cm³/mol. The summed E-state index contributed by atoms with van der Waals surface area (Å²) < 4.78 is 31.5. The Balaban J connectivity index is 1.97. The monoisotopic (exact) mass is 573 g/mol. The number of anilines is 1. The van der Waals surface area contributed by atoms with Crippen LogP contribution in [0.1, 0.15) is 22.8 Å². The van der Waals surface area contributed by atoms with E-state index < -0.39 is 40.5 Å². The minimum absolute atomic E-state index is 0.0197. The number of halogens is 1. The van der Waals surface area contributed by atoms with E-state index in [9.17, 15) is 22.8 Å². The van der Waals surface area contributed by atoms with Crippen molar-refractivity contribution in [2.45, 2.75) is 24.8 Å². The second kappa shape index (κ2) is 10.9. The topological polar surface area (TPSA) is 122 Å². The van der Waals surface area contributed by atoms with Gasteiger partial charge in [-0.3, -0.25) is 14.4 Å².